The van der Waals surface area contributed by atoms with Crippen LogP contribution in [-0.4, -0.2) is 36.7 Å². The van der Waals surface area contributed by atoms with Crippen molar-refractivity contribution in [1.82, 2.24) is 5.43 Å². The third kappa shape index (κ3) is 5.80. The van der Waals surface area contributed by atoms with Gasteiger partial charge in [-0.3, -0.25) is 14.9 Å². The maximum Gasteiger partial charge on any atom is 0.277 e. The summed E-state index contributed by atoms with van der Waals surface area (Å²) in [6, 6.07) is 12.0. The standard InChI is InChI=1S/C20H24N4O4/c1-4-23(5-2)19-10-9-17(24(26)27)12-16(19)13-21-22-20(25)14-28-18-8-6-7-15(3)11-18/h6-13H,4-5,14H2,1-3H3,(H,22,25)/b21-13+. The highest BCUT2D eigenvalue weighted by atomic mass is 16.6. The number of carbonyl (C=O) groups is 1. The van der Waals surface area contributed by atoms with Gasteiger partial charge in [0, 0.05) is 36.5 Å². The second-order valence-corrected chi connectivity index (χ2v) is 6.07. The van der Waals surface area contributed by atoms with Crippen LogP contribution in [0.15, 0.2) is 47.6 Å². The quantitative estimate of drug-likeness (QED) is 0.406. The molecule has 0 aliphatic heterocycles. The summed E-state index contributed by atoms with van der Waals surface area (Å²) in [6.07, 6.45) is 1.41. The van der Waals surface area contributed by atoms with Gasteiger partial charge in [0.05, 0.1) is 11.1 Å². The number of carbonyl (C=O) groups excluding carboxylic acids is 1. The molecule has 0 bridgehead atoms. The second-order valence-electron chi connectivity index (χ2n) is 6.07. The molecule has 148 valence electrons. The normalized spacial score (nSPS) is 10.7. The Morgan fingerprint density at radius 3 is 2.64 bits per heavy atom. The number of hydrogen-bond donors (Lipinski definition) is 1. The molecule has 8 nitrogen and oxygen atoms in total. The third-order valence-corrected chi connectivity index (χ3v) is 4.08. The van der Waals surface area contributed by atoms with Crippen molar-refractivity contribution in [2.75, 3.05) is 24.6 Å². The number of hydrazone groups is 1. The van der Waals surface area contributed by atoms with Crippen molar-refractivity contribution in [1.29, 1.82) is 0 Å². The van der Waals surface area contributed by atoms with E-state index in [9.17, 15) is 14.9 Å². The van der Waals surface area contributed by atoms with Crippen LogP contribution in [0.1, 0.15) is 25.0 Å². The van der Waals surface area contributed by atoms with Gasteiger partial charge in [-0.15, -0.1) is 0 Å². The van der Waals surface area contributed by atoms with E-state index in [1.165, 1.54) is 18.3 Å². The molecule has 0 atom stereocenters. The lowest BCUT2D eigenvalue weighted by Gasteiger charge is -2.22. The lowest BCUT2D eigenvalue weighted by Crippen LogP contribution is -2.25. The van der Waals surface area contributed by atoms with Gasteiger partial charge in [0.25, 0.3) is 11.6 Å². The van der Waals surface area contributed by atoms with Crippen LogP contribution in [0.5, 0.6) is 5.75 Å². The molecule has 8 heteroatoms. The van der Waals surface area contributed by atoms with Crippen molar-refractivity contribution >= 4 is 23.5 Å². The summed E-state index contributed by atoms with van der Waals surface area (Å²) in [7, 11) is 0. The second kappa shape index (κ2) is 10.1. The topological polar surface area (TPSA) is 97.1 Å². The van der Waals surface area contributed by atoms with Gasteiger partial charge in [-0.05, 0) is 44.5 Å². The highest BCUT2D eigenvalue weighted by Crippen LogP contribution is 2.24. The van der Waals surface area contributed by atoms with Crippen LogP contribution in [0, 0.1) is 17.0 Å². The number of nitrogens with zero attached hydrogens (tertiary/aromatic N) is 3. The fourth-order valence-corrected chi connectivity index (χ4v) is 2.67. The summed E-state index contributed by atoms with van der Waals surface area (Å²) < 4.78 is 5.42. The van der Waals surface area contributed by atoms with Crippen molar-refractivity contribution in [3.8, 4) is 5.75 Å². The fourth-order valence-electron chi connectivity index (χ4n) is 2.67. The number of nitro benzene ring substituents is 1. The van der Waals surface area contributed by atoms with E-state index in [2.05, 4.69) is 10.5 Å². The lowest BCUT2D eigenvalue weighted by molar-refractivity contribution is -0.384. The number of ether oxygens (including phenoxy) is 1. The van der Waals surface area contributed by atoms with Crippen molar-refractivity contribution in [2.45, 2.75) is 20.8 Å². The molecule has 0 saturated carbocycles. The highest BCUT2D eigenvalue weighted by Gasteiger charge is 2.13. The zero-order valence-corrected chi connectivity index (χ0v) is 16.2. The van der Waals surface area contributed by atoms with Crippen molar-refractivity contribution < 1.29 is 14.5 Å². The molecule has 2 aromatic carbocycles. The first-order valence-corrected chi connectivity index (χ1v) is 8.99. The van der Waals surface area contributed by atoms with E-state index in [4.69, 9.17) is 4.74 Å². The van der Waals surface area contributed by atoms with Crippen LogP contribution in [0.3, 0.4) is 0 Å². The molecule has 0 heterocycles. The summed E-state index contributed by atoms with van der Waals surface area (Å²) in [5.41, 5.74) is 4.74. The minimum absolute atomic E-state index is 0.0357. The van der Waals surface area contributed by atoms with Crippen LogP contribution in [0.4, 0.5) is 11.4 Å². The van der Waals surface area contributed by atoms with Gasteiger partial charge in [-0.2, -0.15) is 5.10 Å². The van der Waals surface area contributed by atoms with Crippen LogP contribution >= 0.6 is 0 Å². The number of anilines is 1. The summed E-state index contributed by atoms with van der Waals surface area (Å²) >= 11 is 0. The Hall–Kier alpha value is -3.42. The van der Waals surface area contributed by atoms with Gasteiger partial charge in [-0.25, -0.2) is 5.43 Å². The molecule has 2 aromatic rings. The molecule has 0 unspecified atom stereocenters. The molecule has 2 rings (SSSR count). The molecular weight excluding hydrogens is 360 g/mol. The van der Waals surface area contributed by atoms with Gasteiger partial charge in [0.1, 0.15) is 5.75 Å². The van der Waals surface area contributed by atoms with E-state index < -0.39 is 10.8 Å². The van der Waals surface area contributed by atoms with Crippen LogP contribution in [0.2, 0.25) is 0 Å². The molecule has 28 heavy (non-hydrogen) atoms. The number of benzene rings is 2. The molecule has 0 radical (unpaired) electrons. The Morgan fingerprint density at radius 2 is 2.00 bits per heavy atom. The zero-order valence-electron chi connectivity index (χ0n) is 16.2. The maximum atomic E-state index is 11.9. The summed E-state index contributed by atoms with van der Waals surface area (Å²) in [4.78, 5) is 24.6. The number of hydrogen-bond acceptors (Lipinski definition) is 6. The number of nitrogens with one attached hydrogen (secondary N) is 1. The molecule has 0 spiro atoms. The monoisotopic (exact) mass is 384 g/mol. The Kier molecular flexibility index (Phi) is 7.50. The molecule has 0 aliphatic carbocycles. The Balaban J connectivity index is 2.05. The molecule has 0 aliphatic rings. The SMILES string of the molecule is CCN(CC)c1ccc([N+](=O)[O-])cc1/C=N/NC(=O)COc1cccc(C)c1. The maximum absolute atomic E-state index is 11.9. The summed E-state index contributed by atoms with van der Waals surface area (Å²) in [5, 5.41) is 15.0. The number of rotatable bonds is 9. The van der Waals surface area contributed by atoms with Crippen LogP contribution in [0.25, 0.3) is 0 Å². The fraction of sp³-hybridized carbons (Fsp3) is 0.300. The van der Waals surface area contributed by atoms with E-state index in [1.54, 1.807) is 12.1 Å². The largest absolute Gasteiger partial charge is 0.484 e. The average molecular weight is 384 g/mol. The van der Waals surface area contributed by atoms with Gasteiger partial charge in [0.15, 0.2) is 6.61 Å². The summed E-state index contributed by atoms with van der Waals surface area (Å²) in [6.45, 7) is 7.23. The van der Waals surface area contributed by atoms with Gasteiger partial charge < -0.3 is 9.64 Å². The summed E-state index contributed by atoms with van der Waals surface area (Å²) in [5.74, 6) is 0.175. The molecular formula is C20H24N4O4. The van der Waals surface area contributed by atoms with Gasteiger partial charge in [0.2, 0.25) is 0 Å². The minimum atomic E-state index is -0.461. The van der Waals surface area contributed by atoms with E-state index in [-0.39, 0.29) is 12.3 Å². The first kappa shape index (κ1) is 20.9. The molecule has 0 aromatic heterocycles. The Morgan fingerprint density at radius 1 is 1.25 bits per heavy atom. The van der Waals surface area contributed by atoms with E-state index in [0.717, 1.165) is 24.3 Å². The van der Waals surface area contributed by atoms with Crippen LogP contribution in [-0.2, 0) is 4.79 Å². The first-order valence-electron chi connectivity index (χ1n) is 8.99. The van der Waals surface area contributed by atoms with Crippen molar-refractivity contribution in [3.63, 3.8) is 0 Å². The Labute approximate surface area is 164 Å². The smallest absolute Gasteiger partial charge is 0.277 e. The number of aryl methyl sites for hydroxylation is 1. The van der Waals surface area contributed by atoms with E-state index in [0.29, 0.717) is 11.3 Å². The van der Waals surface area contributed by atoms with Crippen molar-refractivity contribution in [2.24, 2.45) is 5.10 Å². The number of amides is 1. The Bertz CT molecular complexity index is 863. The minimum Gasteiger partial charge on any atom is -0.484 e. The highest BCUT2D eigenvalue weighted by molar-refractivity contribution is 5.90. The molecule has 1 N–H and O–H groups in total. The average Bonchev–Trinajstić information content (AvgIpc) is 2.68. The molecule has 0 fully saturated rings. The third-order valence-electron chi connectivity index (χ3n) is 4.08. The molecule has 0 saturated heterocycles. The first-order chi connectivity index (χ1) is 13.4. The van der Waals surface area contributed by atoms with Gasteiger partial charge >= 0.3 is 0 Å². The van der Waals surface area contributed by atoms with Crippen LogP contribution < -0.4 is 15.1 Å². The predicted octanol–water partition coefficient (Wildman–Crippen LogP) is 3.28. The lowest BCUT2D eigenvalue weighted by atomic mass is 10.1. The van der Waals surface area contributed by atoms with Crippen molar-refractivity contribution in [3.05, 3.63) is 63.7 Å². The predicted molar refractivity (Wildman–Crippen MR) is 109 cm³/mol. The van der Waals surface area contributed by atoms with E-state index in [1.807, 2.05) is 43.9 Å². The zero-order chi connectivity index (χ0) is 20.5. The molecule has 1 amide bonds. The number of non-ortho nitro benzene ring substituents is 1. The number of nitro groups is 1. The van der Waals surface area contributed by atoms with Gasteiger partial charge in [-0.1, -0.05) is 12.1 Å². The van der Waals surface area contributed by atoms with E-state index >= 15 is 0 Å².